The molecule has 3 nitrogen and oxygen atoms in total. The topological polar surface area (TPSA) is 49.3 Å². The van der Waals surface area contributed by atoms with E-state index in [0.717, 1.165) is 12.1 Å². The number of amides is 1. The number of nitrogens with one attached hydrogen (secondary N) is 1. The second-order valence-corrected chi connectivity index (χ2v) is 4.37. The summed E-state index contributed by atoms with van der Waals surface area (Å²) >= 11 is 0. The molecule has 0 aliphatic rings. The van der Waals surface area contributed by atoms with Gasteiger partial charge in [0.2, 0.25) is 5.91 Å². The first-order chi connectivity index (χ1) is 8.93. The van der Waals surface area contributed by atoms with E-state index in [1.165, 1.54) is 12.1 Å². The molecule has 0 fully saturated rings. The Labute approximate surface area is 110 Å². The lowest BCUT2D eigenvalue weighted by atomic mass is 10.1. The zero-order valence-electron chi connectivity index (χ0n) is 10.9. The Morgan fingerprint density at radius 3 is 2.74 bits per heavy atom. The Bertz CT molecular complexity index is 486. The van der Waals surface area contributed by atoms with Gasteiger partial charge in [0.1, 0.15) is 11.6 Å². The molecule has 0 bridgehead atoms. The standard InChI is InChI=1S/C14H17F2NO2/c1-9(7-14(19)17-10(2)5-6-18)12-4-3-11(15)8-13(12)16/h3-4,7-8,10,18H,5-6H2,1-2H3,(H,17,19)/b9-7-. The molecule has 2 N–H and O–H groups in total. The zero-order valence-corrected chi connectivity index (χ0v) is 10.9. The summed E-state index contributed by atoms with van der Waals surface area (Å²) < 4.78 is 26.3. The highest BCUT2D eigenvalue weighted by atomic mass is 19.1. The van der Waals surface area contributed by atoms with Gasteiger partial charge in [-0.15, -0.1) is 0 Å². The van der Waals surface area contributed by atoms with Crippen molar-refractivity contribution in [1.82, 2.24) is 5.32 Å². The molecule has 0 saturated carbocycles. The summed E-state index contributed by atoms with van der Waals surface area (Å²) in [7, 11) is 0. The van der Waals surface area contributed by atoms with E-state index in [4.69, 9.17) is 5.11 Å². The lowest BCUT2D eigenvalue weighted by molar-refractivity contribution is -0.117. The number of carbonyl (C=O) groups excluding carboxylic acids is 1. The molecule has 0 heterocycles. The predicted octanol–water partition coefficient (Wildman–Crippen LogP) is 2.26. The zero-order chi connectivity index (χ0) is 14.4. The van der Waals surface area contributed by atoms with E-state index < -0.39 is 11.6 Å². The van der Waals surface area contributed by atoms with Crippen LogP contribution in [0.2, 0.25) is 0 Å². The Balaban J connectivity index is 2.78. The normalized spacial score (nSPS) is 13.2. The van der Waals surface area contributed by atoms with Gasteiger partial charge >= 0.3 is 0 Å². The average molecular weight is 269 g/mol. The smallest absolute Gasteiger partial charge is 0.244 e. The van der Waals surface area contributed by atoms with Crippen molar-refractivity contribution in [2.45, 2.75) is 26.3 Å². The van der Waals surface area contributed by atoms with E-state index in [1.54, 1.807) is 13.8 Å². The molecule has 1 aromatic rings. The highest BCUT2D eigenvalue weighted by Crippen LogP contribution is 2.18. The fraction of sp³-hybridized carbons (Fsp3) is 0.357. The number of aliphatic hydroxyl groups excluding tert-OH is 1. The van der Waals surface area contributed by atoms with Crippen molar-refractivity contribution in [1.29, 1.82) is 0 Å². The van der Waals surface area contributed by atoms with Crippen LogP contribution in [0, 0.1) is 11.6 Å². The van der Waals surface area contributed by atoms with Crippen LogP contribution < -0.4 is 5.32 Å². The van der Waals surface area contributed by atoms with Crippen molar-refractivity contribution in [3.63, 3.8) is 0 Å². The van der Waals surface area contributed by atoms with Gasteiger partial charge in [-0.25, -0.2) is 8.78 Å². The second kappa shape index (κ2) is 6.99. The molecule has 0 aromatic heterocycles. The second-order valence-electron chi connectivity index (χ2n) is 4.37. The molecule has 19 heavy (non-hydrogen) atoms. The third-order valence-electron chi connectivity index (χ3n) is 2.65. The van der Waals surface area contributed by atoms with Crippen LogP contribution in [0.25, 0.3) is 5.57 Å². The van der Waals surface area contributed by atoms with E-state index in [9.17, 15) is 13.6 Å². The number of allylic oxidation sites excluding steroid dienone is 1. The molecular weight excluding hydrogens is 252 g/mol. The van der Waals surface area contributed by atoms with Crippen LogP contribution in [-0.4, -0.2) is 23.7 Å². The number of aliphatic hydroxyl groups is 1. The molecule has 0 saturated heterocycles. The summed E-state index contributed by atoms with van der Waals surface area (Å²) in [6, 6.07) is 3.04. The van der Waals surface area contributed by atoms with Gasteiger partial charge in [-0.1, -0.05) is 0 Å². The van der Waals surface area contributed by atoms with Crippen molar-refractivity contribution in [2.75, 3.05) is 6.61 Å². The lowest BCUT2D eigenvalue weighted by Crippen LogP contribution is -2.31. The molecule has 0 aliphatic carbocycles. The quantitative estimate of drug-likeness (QED) is 0.805. The van der Waals surface area contributed by atoms with Gasteiger partial charge in [-0.05, 0) is 38.0 Å². The van der Waals surface area contributed by atoms with Crippen molar-refractivity contribution < 1.29 is 18.7 Å². The fourth-order valence-electron chi connectivity index (χ4n) is 1.63. The maximum atomic E-state index is 13.5. The van der Waals surface area contributed by atoms with Gasteiger partial charge in [0.05, 0.1) is 0 Å². The summed E-state index contributed by atoms with van der Waals surface area (Å²) in [5.41, 5.74) is 0.595. The van der Waals surface area contributed by atoms with Crippen molar-refractivity contribution in [3.8, 4) is 0 Å². The first-order valence-electron chi connectivity index (χ1n) is 5.99. The van der Waals surface area contributed by atoms with Gasteiger partial charge in [0.15, 0.2) is 0 Å². The third kappa shape index (κ3) is 4.79. The maximum absolute atomic E-state index is 13.5. The van der Waals surface area contributed by atoms with Crippen LogP contribution in [-0.2, 0) is 4.79 Å². The monoisotopic (exact) mass is 269 g/mol. The average Bonchev–Trinajstić information content (AvgIpc) is 2.28. The van der Waals surface area contributed by atoms with Crippen molar-refractivity contribution >= 4 is 11.5 Å². The van der Waals surface area contributed by atoms with Gasteiger partial charge in [0.25, 0.3) is 0 Å². The van der Waals surface area contributed by atoms with Crippen LogP contribution >= 0.6 is 0 Å². The number of benzene rings is 1. The molecule has 0 spiro atoms. The Morgan fingerprint density at radius 1 is 1.47 bits per heavy atom. The summed E-state index contributed by atoms with van der Waals surface area (Å²) in [6.45, 7) is 3.32. The van der Waals surface area contributed by atoms with Crippen LogP contribution in [0.15, 0.2) is 24.3 Å². The van der Waals surface area contributed by atoms with Crippen molar-refractivity contribution in [3.05, 3.63) is 41.5 Å². The number of halogens is 2. The Hall–Kier alpha value is -1.75. The molecule has 1 amide bonds. The lowest BCUT2D eigenvalue weighted by Gasteiger charge is -2.11. The highest BCUT2D eigenvalue weighted by molar-refractivity contribution is 5.95. The van der Waals surface area contributed by atoms with Gasteiger partial charge in [-0.2, -0.15) is 0 Å². The SMILES string of the molecule is C/C(=C/C(=O)NC(C)CCO)c1ccc(F)cc1F. The molecule has 1 unspecified atom stereocenters. The summed E-state index contributed by atoms with van der Waals surface area (Å²) in [5, 5.41) is 11.4. The minimum Gasteiger partial charge on any atom is -0.396 e. The van der Waals surface area contributed by atoms with Crippen molar-refractivity contribution in [2.24, 2.45) is 0 Å². The first kappa shape index (κ1) is 15.3. The van der Waals surface area contributed by atoms with Crippen LogP contribution in [0.3, 0.4) is 0 Å². The summed E-state index contributed by atoms with van der Waals surface area (Å²) in [6.07, 6.45) is 1.70. The van der Waals surface area contributed by atoms with E-state index in [0.29, 0.717) is 12.0 Å². The molecular formula is C14H17F2NO2. The maximum Gasteiger partial charge on any atom is 0.244 e. The fourth-order valence-corrected chi connectivity index (χ4v) is 1.63. The minimum absolute atomic E-state index is 0.0171. The van der Waals surface area contributed by atoms with Crippen LogP contribution in [0.5, 0.6) is 0 Å². The summed E-state index contributed by atoms with van der Waals surface area (Å²) in [5.74, 6) is -1.73. The largest absolute Gasteiger partial charge is 0.396 e. The molecule has 1 rings (SSSR count). The molecule has 5 heteroatoms. The van der Waals surface area contributed by atoms with Gasteiger partial charge in [0, 0.05) is 30.4 Å². The van der Waals surface area contributed by atoms with E-state index in [2.05, 4.69) is 5.32 Å². The predicted molar refractivity (Wildman–Crippen MR) is 69.3 cm³/mol. The van der Waals surface area contributed by atoms with Gasteiger partial charge < -0.3 is 10.4 Å². The molecule has 1 atom stereocenters. The first-order valence-corrected chi connectivity index (χ1v) is 5.99. The molecule has 104 valence electrons. The molecule has 1 aromatic carbocycles. The summed E-state index contributed by atoms with van der Waals surface area (Å²) in [4.78, 5) is 11.6. The Kier molecular flexibility index (Phi) is 5.63. The minimum atomic E-state index is -0.704. The van der Waals surface area contributed by atoms with E-state index >= 15 is 0 Å². The molecule has 0 radical (unpaired) electrons. The third-order valence-corrected chi connectivity index (χ3v) is 2.65. The van der Waals surface area contributed by atoms with E-state index in [-0.39, 0.29) is 24.1 Å². The number of hydrogen-bond acceptors (Lipinski definition) is 2. The number of rotatable bonds is 5. The number of carbonyl (C=O) groups is 1. The highest BCUT2D eigenvalue weighted by Gasteiger charge is 2.09. The van der Waals surface area contributed by atoms with E-state index in [1.807, 2.05) is 0 Å². The number of hydrogen-bond donors (Lipinski definition) is 2. The van der Waals surface area contributed by atoms with Crippen LogP contribution in [0.1, 0.15) is 25.8 Å². The Morgan fingerprint density at radius 2 is 2.16 bits per heavy atom. The van der Waals surface area contributed by atoms with Crippen LogP contribution in [0.4, 0.5) is 8.78 Å². The molecule has 0 aliphatic heterocycles. The van der Waals surface area contributed by atoms with Gasteiger partial charge in [-0.3, -0.25) is 4.79 Å².